The van der Waals surface area contributed by atoms with Crippen LogP contribution < -0.4 is 0 Å². The normalized spacial score (nSPS) is 50.8. The van der Waals surface area contributed by atoms with E-state index in [2.05, 4.69) is 0 Å². The fraction of sp³-hybridized carbons (Fsp3) is 1.00. The van der Waals surface area contributed by atoms with Crippen molar-refractivity contribution in [3.8, 4) is 0 Å². The molecule has 4 aliphatic rings. The van der Waals surface area contributed by atoms with Gasteiger partial charge in [0.15, 0.2) is 0 Å². The molecule has 17 heavy (non-hydrogen) atoms. The van der Waals surface area contributed by atoms with E-state index < -0.39 is 0 Å². The van der Waals surface area contributed by atoms with E-state index in [9.17, 15) is 0 Å². The lowest BCUT2D eigenvalue weighted by Gasteiger charge is -2.34. The largest absolute Gasteiger partial charge is 0.372 e. The molecule has 2 saturated heterocycles. The highest BCUT2D eigenvalue weighted by Gasteiger charge is 2.54. The number of hydrogen-bond acceptors (Lipinski definition) is 4. The lowest BCUT2D eigenvalue weighted by atomic mass is 9.93. The zero-order valence-electron chi connectivity index (χ0n) is 10.1. The first-order valence-electron chi connectivity index (χ1n) is 6.83. The molecule has 2 aliphatic carbocycles. The Morgan fingerprint density at radius 1 is 1.12 bits per heavy atom. The quantitative estimate of drug-likeness (QED) is 0.653. The number of rotatable bonds is 6. The Morgan fingerprint density at radius 2 is 1.88 bits per heavy atom. The molecule has 4 fully saturated rings. The van der Waals surface area contributed by atoms with Gasteiger partial charge in [-0.1, -0.05) is 0 Å². The number of fused-ring (bicyclic) bond motifs is 2. The molecule has 5 atom stereocenters. The summed E-state index contributed by atoms with van der Waals surface area (Å²) in [5.41, 5.74) is 0.00546. The summed E-state index contributed by atoms with van der Waals surface area (Å²) in [6, 6.07) is 0. The number of ether oxygens (including phenoxy) is 4. The molecular formula is C13H20O4. The Labute approximate surface area is 102 Å². The summed E-state index contributed by atoms with van der Waals surface area (Å²) in [6.07, 6.45) is 5.86. The second kappa shape index (κ2) is 3.92. The SMILES string of the molecule is C1CC2(OCC3CO3)CC1CC2OCC1CO1. The van der Waals surface area contributed by atoms with Crippen molar-refractivity contribution >= 4 is 0 Å². The molecule has 2 bridgehead atoms. The number of epoxide rings is 2. The fourth-order valence-corrected chi connectivity index (χ4v) is 3.41. The molecule has 2 saturated carbocycles. The first-order chi connectivity index (χ1) is 8.34. The maximum Gasteiger partial charge on any atom is 0.104 e. The summed E-state index contributed by atoms with van der Waals surface area (Å²) < 4.78 is 22.6. The molecule has 0 aromatic carbocycles. The van der Waals surface area contributed by atoms with Crippen molar-refractivity contribution in [3.63, 3.8) is 0 Å². The predicted octanol–water partition coefficient (Wildman–Crippen LogP) is 1.13. The molecule has 0 aromatic rings. The van der Waals surface area contributed by atoms with Gasteiger partial charge in [0.2, 0.25) is 0 Å². The molecule has 4 rings (SSSR count). The molecule has 96 valence electrons. The zero-order chi connectivity index (χ0) is 11.3. The fourth-order valence-electron chi connectivity index (χ4n) is 3.41. The first kappa shape index (κ1) is 10.7. The molecule has 0 N–H and O–H groups in total. The van der Waals surface area contributed by atoms with Crippen molar-refractivity contribution in [1.82, 2.24) is 0 Å². The highest BCUT2D eigenvalue weighted by atomic mass is 16.6. The van der Waals surface area contributed by atoms with Crippen LogP contribution >= 0.6 is 0 Å². The molecule has 0 radical (unpaired) electrons. The zero-order valence-corrected chi connectivity index (χ0v) is 10.1. The monoisotopic (exact) mass is 240 g/mol. The van der Waals surface area contributed by atoms with E-state index in [0.29, 0.717) is 18.3 Å². The summed E-state index contributed by atoms with van der Waals surface area (Å²) in [5.74, 6) is 0.820. The van der Waals surface area contributed by atoms with Crippen LogP contribution in [0.1, 0.15) is 25.7 Å². The lowest BCUT2D eigenvalue weighted by molar-refractivity contribution is -0.137. The minimum Gasteiger partial charge on any atom is -0.372 e. The topological polar surface area (TPSA) is 43.5 Å². The van der Waals surface area contributed by atoms with Gasteiger partial charge in [-0.25, -0.2) is 0 Å². The number of hydrogen-bond donors (Lipinski definition) is 0. The third-order valence-corrected chi connectivity index (χ3v) is 4.59. The minimum atomic E-state index is 0.00546. The molecule has 0 spiro atoms. The first-order valence-corrected chi connectivity index (χ1v) is 6.83. The van der Waals surface area contributed by atoms with Gasteiger partial charge in [0.25, 0.3) is 0 Å². The maximum absolute atomic E-state index is 6.18. The highest BCUT2D eigenvalue weighted by Crippen LogP contribution is 2.51. The third-order valence-electron chi connectivity index (χ3n) is 4.59. The van der Waals surface area contributed by atoms with E-state index in [0.717, 1.165) is 32.3 Å². The minimum absolute atomic E-state index is 0.00546. The van der Waals surface area contributed by atoms with Crippen LogP contribution in [0.2, 0.25) is 0 Å². The van der Waals surface area contributed by atoms with Crippen molar-refractivity contribution in [2.24, 2.45) is 5.92 Å². The van der Waals surface area contributed by atoms with Crippen LogP contribution in [0.5, 0.6) is 0 Å². The molecule has 0 amide bonds. The van der Waals surface area contributed by atoms with Crippen molar-refractivity contribution in [1.29, 1.82) is 0 Å². The average Bonchev–Trinajstić information content (AvgIpc) is 3.25. The van der Waals surface area contributed by atoms with Crippen LogP contribution in [0, 0.1) is 5.92 Å². The van der Waals surface area contributed by atoms with Crippen molar-refractivity contribution in [2.75, 3.05) is 26.4 Å². The van der Waals surface area contributed by atoms with Gasteiger partial charge >= 0.3 is 0 Å². The van der Waals surface area contributed by atoms with E-state index in [1.807, 2.05) is 0 Å². The summed E-state index contributed by atoms with van der Waals surface area (Å²) in [4.78, 5) is 0. The van der Waals surface area contributed by atoms with Gasteiger partial charge in [0.1, 0.15) is 12.2 Å². The molecule has 4 nitrogen and oxygen atoms in total. The van der Waals surface area contributed by atoms with Gasteiger partial charge < -0.3 is 18.9 Å². The van der Waals surface area contributed by atoms with Crippen LogP contribution in [0.25, 0.3) is 0 Å². The summed E-state index contributed by atoms with van der Waals surface area (Å²) in [5, 5.41) is 0. The Bertz CT molecular complexity index is 300. The van der Waals surface area contributed by atoms with Gasteiger partial charge in [0, 0.05) is 0 Å². The van der Waals surface area contributed by atoms with Crippen LogP contribution in [-0.2, 0) is 18.9 Å². The van der Waals surface area contributed by atoms with E-state index in [1.54, 1.807) is 0 Å². The molecular weight excluding hydrogens is 220 g/mol. The summed E-state index contributed by atoms with van der Waals surface area (Å²) in [7, 11) is 0. The highest BCUT2D eigenvalue weighted by molar-refractivity contribution is 5.05. The molecule has 4 heteroatoms. The van der Waals surface area contributed by atoms with Crippen molar-refractivity contribution in [2.45, 2.75) is 49.6 Å². The lowest BCUT2D eigenvalue weighted by Crippen LogP contribution is -2.43. The Kier molecular flexibility index (Phi) is 2.47. The Morgan fingerprint density at radius 3 is 2.59 bits per heavy atom. The smallest absolute Gasteiger partial charge is 0.104 e. The molecule has 2 heterocycles. The summed E-state index contributed by atoms with van der Waals surface area (Å²) >= 11 is 0. The van der Waals surface area contributed by atoms with Gasteiger partial charge in [-0.3, -0.25) is 0 Å². The second-order valence-electron chi connectivity index (χ2n) is 5.95. The molecule has 2 aliphatic heterocycles. The van der Waals surface area contributed by atoms with Gasteiger partial charge in [-0.05, 0) is 31.6 Å². The molecule has 5 unspecified atom stereocenters. The van der Waals surface area contributed by atoms with Gasteiger partial charge in [-0.2, -0.15) is 0 Å². The van der Waals surface area contributed by atoms with Crippen molar-refractivity contribution < 1.29 is 18.9 Å². The average molecular weight is 240 g/mol. The van der Waals surface area contributed by atoms with Crippen LogP contribution in [0.15, 0.2) is 0 Å². The van der Waals surface area contributed by atoms with Crippen molar-refractivity contribution in [3.05, 3.63) is 0 Å². The van der Waals surface area contributed by atoms with Crippen LogP contribution in [-0.4, -0.2) is 50.3 Å². The standard InChI is InChI=1S/C13H20O4/c1-2-13(17-8-11-6-15-11)4-9(1)3-12(13)16-7-10-5-14-10/h9-12H,1-8H2. The third kappa shape index (κ3) is 2.12. The van der Waals surface area contributed by atoms with E-state index in [4.69, 9.17) is 18.9 Å². The van der Waals surface area contributed by atoms with E-state index >= 15 is 0 Å². The maximum atomic E-state index is 6.18. The van der Waals surface area contributed by atoms with Gasteiger partial charge in [-0.15, -0.1) is 0 Å². The van der Waals surface area contributed by atoms with Gasteiger partial charge in [0.05, 0.1) is 38.1 Å². The van der Waals surface area contributed by atoms with Crippen LogP contribution in [0.4, 0.5) is 0 Å². The van der Waals surface area contributed by atoms with E-state index in [1.165, 1.54) is 25.7 Å². The molecule has 0 aromatic heterocycles. The summed E-state index contributed by atoms with van der Waals surface area (Å²) in [6.45, 7) is 3.26. The Balaban J connectivity index is 1.37. The Hall–Kier alpha value is -0.160. The van der Waals surface area contributed by atoms with E-state index in [-0.39, 0.29) is 5.60 Å². The van der Waals surface area contributed by atoms with Crippen LogP contribution in [0.3, 0.4) is 0 Å². The second-order valence-corrected chi connectivity index (χ2v) is 5.95. The predicted molar refractivity (Wildman–Crippen MR) is 59.9 cm³/mol.